The van der Waals surface area contributed by atoms with E-state index in [4.69, 9.17) is 4.74 Å². The Morgan fingerprint density at radius 1 is 1.37 bits per heavy atom. The minimum absolute atomic E-state index is 0.199. The molecule has 2 rings (SSSR count). The topological polar surface area (TPSA) is 67.0 Å². The number of nitrogens with one attached hydrogen (secondary N) is 2. The van der Waals surface area contributed by atoms with Gasteiger partial charge < -0.3 is 9.72 Å². The predicted molar refractivity (Wildman–Crippen MR) is 73.4 cm³/mol. The van der Waals surface area contributed by atoms with Crippen molar-refractivity contribution in [3.05, 3.63) is 42.2 Å². The van der Waals surface area contributed by atoms with Crippen LogP contribution < -0.4 is 10.1 Å². The molecule has 0 spiro atoms. The monoisotopic (exact) mass is 259 g/mol. The molecule has 0 atom stereocenters. The number of amides is 1. The van der Waals surface area contributed by atoms with Crippen LogP contribution >= 0.6 is 0 Å². The smallest absolute Gasteiger partial charge is 0.257 e. The lowest BCUT2D eigenvalue weighted by Gasteiger charge is -2.06. The highest BCUT2D eigenvalue weighted by atomic mass is 16.5. The number of aromatic nitrogens is 2. The summed E-state index contributed by atoms with van der Waals surface area (Å²) in [5.74, 6) is 1.02. The zero-order chi connectivity index (χ0) is 13.5. The standard InChI is InChI=1S/C14H17N3O2/c1-2-3-10-19-12-6-4-11(5-7-12)13(18)17-14-15-8-9-16-14/h4-9H,2-3,10H2,1H3,(H2,15,16,17,18). The third-order valence-corrected chi connectivity index (χ3v) is 2.61. The van der Waals surface area contributed by atoms with E-state index in [2.05, 4.69) is 22.2 Å². The van der Waals surface area contributed by atoms with E-state index < -0.39 is 0 Å². The SMILES string of the molecule is CCCCOc1ccc(C(=O)Nc2ncc[nH]2)cc1. The number of imidazole rings is 1. The first-order valence-corrected chi connectivity index (χ1v) is 6.33. The average molecular weight is 259 g/mol. The van der Waals surface area contributed by atoms with Crippen LogP contribution in [0.15, 0.2) is 36.7 Å². The van der Waals surface area contributed by atoms with Gasteiger partial charge in [0, 0.05) is 18.0 Å². The largest absolute Gasteiger partial charge is 0.494 e. The number of nitrogens with zero attached hydrogens (tertiary/aromatic N) is 1. The molecule has 0 radical (unpaired) electrons. The molecule has 1 amide bonds. The van der Waals surface area contributed by atoms with Crippen molar-refractivity contribution < 1.29 is 9.53 Å². The number of carbonyl (C=O) groups excluding carboxylic acids is 1. The molecule has 2 N–H and O–H groups in total. The number of rotatable bonds is 6. The van der Waals surface area contributed by atoms with E-state index in [9.17, 15) is 4.79 Å². The van der Waals surface area contributed by atoms with Crippen LogP contribution in [0, 0.1) is 0 Å². The summed E-state index contributed by atoms with van der Waals surface area (Å²) in [6.07, 6.45) is 5.37. The number of unbranched alkanes of at least 4 members (excludes halogenated alkanes) is 1. The van der Waals surface area contributed by atoms with Gasteiger partial charge in [-0.1, -0.05) is 13.3 Å². The van der Waals surface area contributed by atoms with Gasteiger partial charge in [-0.25, -0.2) is 4.98 Å². The van der Waals surface area contributed by atoms with Gasteiger partial charge in [0.1, 0.15) is 5.75 Å². The van der Waals surface area contributed by atoms with Crippen LogP contribution in [0.1, 0.15) is 30.1 Å². The van der Waals surface area contributed by atoms with Gasteiger partial charge in [0.05, 0.1) is 6.61 Å². The van der Waals surface area contributed by atoms with Crippen LogP contribution in [-0.2, 0) is 0 Å². The molecule has 0 aliphatic heterocycles. The summed E-state index contributed by atoms with van der Waals surface area (Å²) in [5, 5.41) is 2.66. The average Bonchev–Trinajstić information content (AvgIpc) is 2.93. The molecular weight excluding hydrogens is 242 g/mol. The lowest BCUT2D eigenvalue weighted by Crippen LogP contribution is -2.12. The number of benzene rings is 1. The molecule has 0 fully saturated rings. The Morgan fingerprint density at radius 3 is 2.79 bits per heavy atom. The Labute approximate surface area is 112 Å². The molecule has 19 heavy (non-hydrogen) atoms. The second kappa shape index (κ2) is 6.58. The van der Waals surface area contributed by atoms with E-state index in [0.717, 1.165) is 18.6 Å². The molecule has 2 aromatic rings. The summed E-state index contributed by atoms with van der Waals surface area (Å²) in [4.78, 5) is 18.6. The molecular formula is C14H17N3O2. The molecule has 5 nitrogen and oxygen atoms in total. The van der Waals surface area contributed by atoms with Gasteiger partial charge in [0.2, 0.25) is 5.95 Å². The van der Waals surface area contributed by atoms with E-state index in [1.165, 1.54) is 0 Å². The second-order valence-corrected chi connectivity index (χ2v) is 4.12. The van der Waals surface area contributed by atoms with Crippen molar-refractivity contribution in [1.82, 2.24) is 9.97 Å². The lowest BCUT2D eigenvalue weighted by atomic mass is 10.2. The molecule has 1 heterocycles. The van der Waals surface area contributed by atoms with Crippen LogP contribution in [0.4, 0.5) is 5.95 Å². The Morgan fingerprint density at radius 2 is 2.16 bits per heavy atom. The number of H-pyrrole nitrogens is 1. The van der Waals surface area contributed by atoms with E-state index in [-0.39, 0.29) is 5.91 Å². The van der Waals surface area contributed by atoms with Gasteiger partial charge in [0.25, 0.3) is 5.91 Å². The fourth-order valence-electron chi connectivity index (χ4n) is 1.55. The molecule has 0 bridgehead atoms. The van der Waals surface area contributed by atoms with Crippen molar-refractivity contribution in [3.63, 3.8) is 0 Å². The van der Waals surface area contributed by atoms with Crippen molar-refractivity contribution in [2.45, 2.75) is 19.8 Å². The third kappa shape index (κ3) is 3.84. The Kier molecular flexibility index (Phi) is 4.55. The minimum atomic E-state index is -0.199. The van der Waals surface area contributed by atoms with Crippen molar-refractivity contribution in [2.24, 2.45) is 0 Å². The maximum Gasteiger partial charge on any atom is 0.257 e. The van der Waals surface area contributed by atoms with Crippen LogP contribution in [0.25, 0.3) is 0 Å². The number of anilines is 1. The molecule has 1 aromatic carbocycles. The number of aromatic amines is 1. The lowest BCUT2D eigenvalue weighted by molar-refractivity contribution is 0.102. The maximum absolute atomic E-state index is 11.9. The van der Waals surface area contributed by atoms with Crippen LogP contribution in [0.3, 0.4) is 0 Å². The molecule has 5 heteroatoms. The van der Waals surface area contributed by atoms with E-state index in [0.29, 0.717) is 18.1 Å². The molecule has 0 aliphatic carbocycles. The van der Waals surface area contributed by atoms with Gasteiger partial charge in [-0.2, -0.15) is 0 Å². The summed E-state index contributed by atoms with van der Waals surface area (Å²) in [7, 11) is 0. The molecule has 0 unspecified atom stereocenters. The Hall–Kier alpha value is -2.30. The maximum atomic E-state index is 11.9. The molecule has 0 aliphatic rings. The fourth-order valence-corrected chi connectivity index (χ4v) is 1.55. The first kappa shape index (κ1) is 13.1. The van der Waals surface area contributed by atoms with Gasteiger partial charge in [-0.05, 0) is 30.7 Å². The van der Waals surface area contributed by atoms with E-state index in [1.807, 2.05) is 0 Å². The fraction of sp³-hybridized carbons (Fsp3) is 0.286. The Balaban J connectivity index is 1.92. The summed E-state index contributed by atoms with van der Waals surface area (Å²) in [5.41, 5.74) is 0.569. The van der Waals surface area contributed by atoms with Crippen molar-refractivity contribution >= 4 is 11.9 Å². The minimum Gasteiger partial charge on any atom is -0.494 e. The number of hydrogen-bond acceptors (Lipinski definition) is 3. The molecule has 1 aromatic heterocycles. The van der Waals surface area contributed by atoms with Crippen molar-refractivity contribution in [3.8, 4) is 5.75 Å². The van der Waals surface area contributed by atoms with Crippen molar-refractivity contribution in [2.75, 3.05) is 11.9 Å². The van der Waals surface area contributed by atoms with Gasteiger partial charge in [-0.3, -0.25) is 10.1 Å². The first-order chi connectivity index (χ1) is 9.29. The van der Waals surface area contributed by atoms with E-state index >= 15 is 0 Å². The normalized spacial score (nSPS) is 10.2. The highest BCUT2D eigenvalue weighted by molar-refractivity contribution is 6.03. The number of hydrogen-bond donors (Lipinski definition) is 2. The number of ether oxygens (including phenoxy) is 1. The van der Waals surface area contributed by atoms with E-state index in [1.54, 1.807) is 36.7 Å². The van der Waals surface area contributed by atoms with Crippen LogP contribution in [0.5, 0.6) is 5.75 Å². The zero-order valence-corrected chi connectivity index (χ0v) is 10.8. The van der Waals surface area contributed by atoms with Crippen molar-refractivity contribution in [1.29, 1.82) is 0 Å². The summed E-state index contributed by atoms with van der Waals surface area (Å²) >= 11 is 0. The van der Waals surface area contributed by atoms with Gasteiger partial charge in [-0.15, -0.1) is 0 Å². The summed E-state index contributed by atoms with van der Waals surface area (Å²) in [6, 6.07) is 7.07. The van der Waals surface area contributed by atoms with Crippen LogP contribution in [-0.4, -0.2) is 22.5 Å². The molecule has 100 valence electrons. The summed E-state index contributed by atoms with van der Waals surface area (Å²) < 4.78 is 5.54. The summed E-state index contributed by atoms with van der Waals surface area (Å²) in [6.45, 7) is 2.82. The highest BCUT2D eigenvalue weighted by Gasteiger charge is 2.07. The van der Waals surface area contributed by atoms with Gasteiger partial charge in [0.15, 0.2) is 0 Å². The second-order valence-electron chi connectivity index (χ2n) is 4.12. The van der Waals surface area contributed by atoms with Gasteiger partial charge >= 0.3 is 0 Å². The van der Waals surface area contributed by atoms with Crippen LogP contribution in [0.2, 0.25) is 0 Å². The quantitative estimate of drug-likeness (QED) is 0.784. The highest BCUT2D eigenvalue weighted by Crippen LogP contribution is 2.13. The Bertz CT molecular complexity index is 506. The molecule has 0 saturated heterocycles. The number of carbonyl (C=O) groups is 1. The predicted octanol–water partition coefficient (Wildman–Crippen LogP) is 2.84. The first-order valence-electron chi connectivity index (χ1n) is 6.33. The zero-order valence-electron chi connectivity index (χ0n) is 10.8. The third-order valence-electron chi connectivity index (χ3n) is 2.61. The molecule has 0 saturated carbocycles.